The standard InChI is InChI=1S/C12H12ClN5O3/c1-2-21-12(20)14-10(19)7-18-16-11(15-17-18)8-5-3-4-6-9(8)13/h3-6H,2,7H2,1H3,(H,14,19,20). The van der Waals surface area contributed by atoms with Crippen molar-refractivity contribution >= 4 is 23.6 Å². The monoisotopic (exact) mass is 309 g/mol. The summed E-state index contributed by atoms with van der Waals surface area (Å²) >= 11 is 6.02. The van der Waals surface area contributed by atoms with Crippen molar-refractivity contribution < 1.29 is 14.3 Å². The molecule has 0 aliphatic carbocycles. The summed E-state index contributed by atoms with van der Waals surface area (Å²) in [5.74, 6) is -0.305. The molecule has 0 aliphatic heterocycles. The number of halogens is 1. The summed E-state index contributed by atoms with van der Waals surface area (Å²) in [6, 6.07) is 7.01. The molecule has 8 nitrogen and oxygen atoms in total. The molecule has 1 aromatic carbocycles. The first-order valence-electron chi connectivity index (χ1n) is 6.09. The molecule has 0 saturated carbocycles. The molecule has 0 saturated heterocycles. The van der Waals surface area contributed by atoms with Crippen LogP contribution in [0.1, 0.15) is 6.92 Å². The SMILES string of the molecule is CCOC(=O)NC(=O)Cn1nnc(-c2ccccc2Cl)n1. The van der Waals surface area contributed by atoms with E-state index in [1.807, 2.05) is 5.32 Å². The zero-order chi connectivity index (χ0) is 15.2. The van der Waals surface area contributed by atoms with E-state index in [0.29, 0.717) is 16.4 Å². The Morgan fingerprint density at radius 1 is 1.38 bits per heavy atom. The van der Waals surface area contributed by atoms with E-state index in [2.05, 4.69) is 20.1 Å². The summed E-state index contributed by atoms with van der Waals surface area (Å²) in [5.41, 5.74) is 0.608. The Hall–Kier alpha value is -2.48. The summed E-state index contributed by atoms with van der Waals surface area (Å²) < 4.78 is 4.59. The van der Waals surface area contributed by atoms with E-state index in [0.717, 1.165) is 4.80 Å². The molecular formula is C12H12ClN5O3. The van der Waals surface area contributed by atoms with Crippen LogP contribution in [-0.2, 0) is 16.1 Å². The smallest absolute Gasteiger partial charge is 0.413 e. The first-order valence-corrected chi connectivity index (χ1v) is 6.47. The maximum Gasteiger partial charge on any atom is 0.413 e. The molecule has 0 atom stereocenters. The van der Waals surface area contributed by atoms with Crippen molar-refractivity contribution in [2.45, 2.75) is 13.5 Å². The molecule has 0 unspecified atom stereocenters. The van der Waals surface area contributed by atoms with Crippen molar-refractivity contribution in [3.05, 3.63) is 29.3 Å². The van der Waals surface area contributed by atoms with Crippen molar-refractivity contribution in [2.75, 3.05) is 6.61 Å². The van der Waals surface area contributed by atoms with E-state index in [1.165, 1.54) is 0 Å². The van der Waals surface area contributed by atoms with Crippen molar-refractivity contribution in [3.63, 3.8) is 0 Å². The van der Waals surface area contributed by atoms with Crippen LogP contribution in [0.2, 0.25) is 5.02 Å². The normalized spacial score (nSPS) is 10.2. The molecular weight excluding hydrogens is 298 g/mol. The Morgan fingerprint density at radius 3 is 2.86 bits per heavy atom. The molecule has 1 heterocycles. The van der Waals surface area contributed by atoms with Crippen LogP contribution in [-0.4, -0.2) is 38.8 Å². The van der Waals surface area contributed by atoms with Gasteiger partial charge in [0.25, 0.3) is 5.91 Å². The van der Waals surface area contributed by atoms with Gasteiger partial charge in [0.1, 0.15) is 6.54 Å². The number of benzene rings is 1. The number of ether oxygens (including phenoxy) is 1. The van der Waals surface area contributed by atoms with Crippen molar-refractivity contribution in [2.24, 2.45) is 0 Å². The van der Waals surface area contributed by atoms with Crippen molar-refractivity contribution in [3.8, 4) is 11.4 Å². The highest BCUT2D eigenvalue weighted by molar-refractivity contribution is 6.33. The maximum atomic E-state index is 11.5. The maximum absolute atomic E-state index is 11.5. The fourth-order valence-electron chi connectivity index (χ4n) is 1.51. The lowest BCUT2D eigenvalue weighted by atomic mass is 10.2. The topological polar surface area (TPSA) is 99.0 Å². The Labute approximate surface area is 125 Å². The van der Waals surface area contributed by atoms with E-state index in [9.17, 15) is 9.59 Å². The van der Waals surface area contributed by atoms with Gasteiger partial charge in [-0.3, -0.25) is 10.1 Å². The number of imide groups is 1. The molecule has 2 rings (SSSR count). The minimum Gasteiger partial charge on any atom is -0.450 e. The lowest BCUT2D eigenvalue weighted by Crippen LogP contribution is -2.34. The van der Waals surface area contributed by atoms with Gasteiger partial charge < -0.3 is 4.74 Å². The highest BCUT2D eigenvalue weighted by Crippen LogP contribution is 2.23. The second-order valence-electron chi connectivity index (χ2n) is 3.89. The molecule has 21 heavy (non-hydrogen) atoms. The minimum absolute atomic E-state index is 0.178. The molecule has 2 amide bonds. The van der Waals surface area contributed by atoms with Crippen LogP contribution < -0.4 is 5.32 Å². The van der Waals surface area contributed by atoms with E-state index in [4.69, 9.17) is 11.6 Å². The fourth-order valence-corrected chi connectivity index (χ4v) is 1.73. The fraction of sp³-hybridized carbons (Fsp3) is 0.250. The molecule has 0 spiro atoms. The Morgan fingerprint density at radius 2 is 2.14 bits per heavy atom. The summed E-state index contributed by atoms with van der Waals surface area (Å²) in [6.07, 6.45) is -0.811. The van der Waals surface area contributed by atoms with Crippen LogP contribution in [0.3, 0.4) is 0 Å². The van der Waals surface area contributed by atoms with Gasteiger partial charge >= 0.3 is 6.09 Å². The summed E-state index contributed by atoms with van der Waals surface area (Å²) in [4.78, 5) is 23.7. The lowest BCUT2D eigenvalue weighted by molar-refractivity contribution is -0.121. The van der Waals surface area contributed by atoms with Crippen molar-refractivity contribution in [1.29, 1.82) is 0 Å². The number of alkyl carbamates (subject to hydrolysis) is 1. The molecule has 110 valence electrons. The first-order chi connectivity index (χ1) is 10.1. The van der Waals surface area contributed by atoms with E-state index in [-0.39, 0.29) is 13.2 Å². The van der Waals surface area contributed by atoms with Gasteiger partial charge in [0.2, 0.25) is 5.82 Å². The average molecular weight is 310 g/mol. The van der Waals surface area contributed by atoms with Gasteiger partial charge in [0, 0.05) is 5.56 Å². The third kappa shape index (κ3) is 3.99. The van der Waals surface area contributed by atoms with E-state index in [1.54, 1.807) is 31.2 Å². The minimum atomic E-state index is -0.811. The number of amides is 2. The highest BCUT2D eigenvalue weighted by atomic mass is 35.5. The zero-order valence-corrected chi connectivity index (χ0v) is 11.9. The zero-order valence-electron chi connectivity index (χ0n) is 11.1. The first kappa shape index (κ1) is 14.9. The number of hydrogen-bond donors (Lipinski definition) is 1. The average Bonchev–Trinajstić information content (AvgIpc) is 2.87. The molecule has 2 aromatic rings. The predicted octanol–water partition coefficient (Wildman–Crippen LogP) is 1.27. The van der Waals surface area contributed by atoms with E-state index < -0.39 is 12.0 Å². The Balaban J connectivity index is 2.02. The molecule has 0 bridgehead atoms. The number of aromatic nitrogens is 4. The summed E-state index contributed by atoms with van der Waals surface area (Å²) in [5, 5.41) is 14.1. The number of carbonyl (C=O) groups is 2. The van der Waals surface area contributed by atoms with Gasteiger partial charge in [-0.2, -0.15) is 4.80 Å². The van der Waals surface area contributed by atoms with Gasteiger partial charge in [-0.05, 0) is 24.3 Å². The quantitative estimate of drug-likeness (QED) is 0.913. The second kappa shape index (κ2) is 6.80. The van der Waals surface area contributed by atoms with Crippen LogP contribution in [0.25, 0.3) is 11.4 Å². The molecule has 0 radical (unpaired) electrons. The van der Waals surface area contributed by atoms with Crippen LogP contribution in [0.4, 0.5) is 4.79 Å². The summed E-state index contributed by atoms with van der Waals surface area (Å²) in [7, 11) is 0. The second-order valence-corrected chi connectivity index (χ2v) is 4.30. The van der Waals surface area contributed by atoms with Crippen LogP contribution in [0.15, 0.2) is 24.3 Å². The third-order valence-electron chi connectivity index (χ3n) is 2.37. The highest BCUT2D eigenvalue weighted by Gasteiger charge is 2.13. The van der Waals surface area contributed by atoms with Crippen LogP contribution in [0, 0.1) is 0 Å². The van der Waals surface area contributed by atoms with Crippen molar-refractivity contribution in [1.82, 2.24) is 25.5 Å². The third-order valence-corrected chi connectivity index (χ3v) is 2.70. The molecule has 0 aliphatic rings. The van der Waals surface area contributed by atoms with Crippen LogP contribution >= 0.6 is 11.6 Å². The van der Waals surface area contributed by atoms with Gasteiger partial charge in [-0.25, -0.2) is 4.79 Å². The van der Waals surface area contributed by atoms with Gasteiger partial charge in [0.05, 0.1) is 11.6 Å². The number of nitrogens with one attached hydrogen (secondary N) is 1. The number of carbonyl (C=O) groups excluding carboxylic acids is 2. The van der Waals surface area contributed by atoms with Gasteiger partial charge in [-0.1, -0.05) is 23.7 Å². The number of hydrogen-bond acceptors (Lipinski definition) is 6. The molecule has 1 N–H and O–H groups in total. The van der Waals surface area contributed by atoms with Crippen LogP contribution in [0.5, 0.6) is 0 Å². The number of tetrazole rings is 1. The molecule has 0 fully saturated rings. The Kier molecular flexibility index (Phi) is 4.83. The van der Waals surface area contributed by atoms with Gasteiger partial charge in [-0.15, -0.1) is 10.2 Å². The largest absolute Gasteiger partial charge is 0.450 e. The summed E-state index contributed by atoms with van der Waals surface area (Å²) in [6.45, 7) is 1.56. The van der Waals surface area contributed by atoms with E-state index >= 15 is 0 Å². The molecule has 1 aromatic heterocycles. The Bertz CT molecular complexity index is 658. The lowest BCUT2D eigenvalue weighted by Gasteiger charge is -2.02. The van der Waals surface area contributed by atoms with Gasteiger partial charge in [0.15, 0.2) is 0 Å². The number of nitrogens with zero attached hydrogens (tertiary/aromatic N) is 4. The molecule has 9 heteroatoms. The number of rotatable bonds is 4. The predicted molar refractivity (Wildman–Crippen MR) is 73.4 cm³/mol.